The molecule has 1 aromatic heterocycles. The molecule has 0 radical (unpaired) electrons. The number of fused-ring (bicyclic) bond motifs is 7. The summed E-state index contributed by atoms with van der Waals surface area (Å²) in [6, 6.07) is 26.7. The van der Waals surface area contributed by atoms with E-state index in [1.165, 1.54) is 36.6 Å². The third-order valence-corrected chi connectivity index (χ3v) is 6.78. The molecular formula is C20H12Se. The number of hydrogen-bond donors (Lipinski definition) is 0. The first kappa shape index (κ1) is 11.6. The Balaban J connectivity index is 2.11. The van der Waals surface area contributed by atoms with Crippen molar-refractivity contribution in [2.45, 2.75) is 0 Å². The Morgan fingerprint density at radius 3 is 2.05 bits per heavy atom. The van der Waals surface area contributed by atoms with Crippen LogP contribution in [-0.4, -0.2) is 14.5 Å². The monoisotopic (exact) mass is 332 g/mol. The van der Waals surface area contributed by atoms with Crippen molar-refractivity contribution in [3.05, 3.63) is 72.8 Å². The molecule has 0 spiro atoms. The molecule has 0 atom stereocenters. The fourth-order valence-electron chi connectivity index (χ4n) is 3.27. The second-order valence-corrected chi connectivity index (χ2v) is 7.63. The van der Waals surface area contributed by atoms with Crippen molar-refractivity contribution in [1.29, 1.82) is 0 Å². The Bertz CT molecular complexity index is 1130. The molecule has 0 unspecified atom stereocenters. The van der Waals surface area contributed by atoms with Crippen LogP contribution in [0.3, 0.4) is 0 Å². The topological polar surface area (TPSA) is 0 Å². The van der Waals surface area contributed by atoms with Crippen molar-refractivity contribution in [2.24, 2.45) is 0 Å². The normalized spacial score (nSPS) is 11.8. The second-order valence-electron chi connectivity index (χ2n) is 5.43. The summed E-state index contributed by atoms with van der Waals surface area (Å²) in [5.41, 5.74) is 0. The molecule has 0 bridgehead atoms. The first-order valence-electron chi connectivity index (χ1n) is 7.13. The number of rotatable bonds is 0. The van der Waals surface area contributed by atoms with Crippen molar-refractivity contribution in [3.63, 3.8) is 0 Å². The molecule has 1 heterocycles. The van der Waals surface area contributed by atoms with E-state index in [4.69, 9.17) is 0 Å². The van der Waals surface area contributed by atoms with E-state index in [0.717, 1.165) is 0 Å². The molecule has 5 aromatic rings. The van der Waals surface area contributed by atoms with Crippen molar-refractivity contribution >= 4 is 55.3 Å². The van der Waals surface area contributed by atoms with Crippen LogP contribution >= 0.6 is 0 Å². The van der Waals surface area contributed by atoms with Crippen LogP contribution in [0.15, 0.2) is 72.8 Å². The van der Waals surface area contributed by atoms with Gasteiger partial charge in [-0.25, -0.2) is 0 Å². The SMILES string of the molecule is c1ccc2c(c1)ccc1c2[se]c2ccc3ccccc3c21. The summed E-state index contributed by atoms with van der Waals surface area (Å²) in [6.45, 7) is 0. The van der Waals surface area contributed by atoms with E-state index >= 15 is 0 Å². The van der Waals surface area contributed by atoms with Crippen molar-refractivity contribution in [3.8, 4) is 0 Å². The maximum atomic E-state index is 2.33. The van der Waals surface area contributed by atoms with Crippen molar-refractivity contribution < 1.29 is 0 Å². The van der Waals surface area contributed by atoms with Crippen LogP contribution in [0.25, 0.3) is 40.8 Å². The summed E-state index contributed by atoms with van der Waals surface area (Å²) in [5, 5.41) is 8.43. The Hall–Kier alpha value is -2.08. The molecule has 0 saturated heterocycles. The summed E-state index contributed by atoms with van der Waals surface area (Å²) in [7, 11) is 0. The van der Waals surface area contributed by atoms with Crippen molar-refractivity contribution in [1.82, 2.24) is 0 Å². The number of hydrogen-bond acceptors (Lipinski definition) is 0. The Kier molecular flexibility index (Phi) is 2.32. The van der Waals surface area contributed by atoms with Gasteiger partial charge in [0.15, 0.2) is 0 Å². The maximum absolute atomic E-state index is 2.33. The van der Waals surface area contributed by atoms with E-state index in [1.54, 1.807) is 4.26 Å². The average molecular weight is 331 g/mol. The molecule has 0 aliphatic rings. The van der Waals surface area contributed by atoms with E-state index in [2.05, 4.69) is 72.8 Å². The van der Waals surface area contributed by atoms with Gasteiger partial charge < -0.3 is 0 Å². The molecule has 0 saturated carbocycles. The van der Waals surface area contributed by atoms with Crippen LogP contribution in [0.4, 0.5) is 0 Å². The molecule has 0 nitrogen and oxygen atoms in total. The minimum absolute atomic E-state index is 0.412. The van der Waals surface area contributed by atoms with Gasteiger partial charge >= 0.3 is 128 Å². The first-order chi connectivity index (χ1) is 10.4. The van der Waals surface area contributed by atoms with E-state index < -0.39 is 0 Å². The Labute approximate surface area is 128 Å². The Morgan fingerprint density at radius 2 is 1.19 bits per heavy atom. The van der Waals surface area contributed by atoms with Gasteiger partial charge in [0.05, 0.1) is 0 Å². The van der Waals surface area contributed by atoms with E-state index in [9.17, 15) is 0 Å². The van der Waals surface area contributed by atoms with Gasteiger partial charge in [-0.2, -0.15) is 0 Å². The van der Waals surface area contributed by atoms with E-state index in [-0.39, 0.29) is 0 Å². The molecule has 0 amide bonds. The molecule has 98 valence electrons. The van der Waals surface area contributed by atoms with E-state index in [1.807, 2.05) is 0 Å². The minimum atomic E-state index is 0.412. The molecule has 0 aliphatic heterocycles. The van der Waals surface area contributed by atoms with Gasteiger partial charge in [0.2, 0.25) is 0 Å². The van der Waals surface area contributed by atoms with Crippen LogP contribution in [0.1, 0.15) is 0 Å². The van der Waals surface area contributed by atoms with Gasteiger partial charge in [-0.05, 0) is 0 Å². The number of benzene rings is 4. The fourth-order valence-corrected chi connectivity index (χ4v) is 5.90. The molecule has 0 N–H and O–H groups in total. The fraction of sp³-hybridized carbons (Fsp3) is 0. The zero-order chi connectivity index (χ0) is 13.8. The molecule has 0 aliphatic carbocycles. The Morgan fingerprint density at radius 1 is 0.524 bits per heavy atom. The van der Waals surface area contributed by atoms with Crippen LogP contribution in [0, 0.1) is 0 Å². The second kappa shape index (κ2) is 4.21. The average Bonchev–Trinajstić information content (AvgIpc) is 2.94. The summed E-state index contributed by atoms with van der Waals surface area (Å²) in [5.74, 6) is 0. The quantitative estimate of drug-likeness (QED) is 0.335. The molecule has 0 fully saturated rings. The summed E-state index contributed by atoms with van der Waals surface area (Å²) in [4.78, 5) is 0. The zero-order valence-corrected chi connectivity index (χ0v) is 13.0. The van der Waals surface area contributed by atoms with E-state index in [0.29, 0.717) is 14.5 Å². The standard InChI is InChI=1S/C20H12Se/c1-3-7-15-13(5-1)10-12-18-19(15)17-11-9-14-6-2-4-8-16(14)20(17)21-18/h1-12H. The molecule has 4 aromatic carbocycles. The van der Waals surface area contributed by atoms with Crippen LogP contribution in [0.5, 0.6) is 0 Å². The van der Waals surface area contributed by atoms with Crippen molar-refractivity contribution in [2.75, 3.05) is 0 Å². The predicted octanol–water partition coefficient (Wildman–Crippen LogP) is 5.36. The van der Waals surface area contributed by atoms with Gasteiger partial charge in [-0.1, -0.05) is 0 Å². The van der Waals surface area contributed by atoms with Gasteiger partial charge in [0, 0.05) is 0 Å². The third-order valence-electron chi connectivity index (χ3n) is 4.25. The summed E-state index contributed by atoms with van der Waals surface area (Å²) in [6.07, 6.45) is 0. The summed E-state index contributed by atoms with van der Waals surface area (Å²) >= 11 is 0.412. The molecule has 1 heteroatoms. The van der Waals surface area contributed by atoms with Gasteiger partial charge in [-0.3, -0.25) is 0 Å². The zero-order valence-electron chi connectivity index (χ0n) is 11.3. The predicted molar refractivity (Wildman–Crippen MR) is 93.4 cm³/mol. The third kappa shape index (κ3) is 1.56. The van der Waals surface area contributed by atoms with Gasteiger partial charge in [0.1, 0.15) is 0 Å². The summed E-state index contributed by atoms with van der Waals surface area (Å²) < 4.78 is 3.07. The first-order valence-corrected chi connectivity index (χ1v) is 8.85. The van der Waals surface area contributed by atoms with Crippen LogP contribution < -0.4 is 0 Å². The molecular weight excluding hydrogens is 319 g/mol. The molecule has 21 heavy (non-hydrogen) atoms. The van der Waals surface area contributed by atoms with Crippen LogP contribution in [-0.2, 0) is 0 Å². The van der Waals surface area contributed by atoms with Gasteiger partial charge in [0.25, 0.3) is 0 Å². The van der Waals surface area contributed by atoms with Crippen LogP contribution in [0.2, 0.25) is 0 Å². The van der Waals surface area contributed by atoms with Gasteiger partial charge in [-0.15, -0.1) is 0 Å². The molecule has 5 rings (SSSR count).